The Bertz CT molecular complexity index is 1190. The van der Waals surface area contributed by atoms with Gasteiger partial charge in [0.25, 0.3) is 5.91 Å². The van der Waals surface area contributed by atoms with Crippen LogP contribution in [0.25, 0.3) is 5.69 Å². The number of carbonyl (C=O) groups is 1. The van der Waals surface area contributed by atoms with Crippen LogP contribution in [0.5, 0.6) is 0 Å². The van der Waals surface area contributed by atoms with E-state index in [0.29, 0.717) is 18.4 Å². The van der Waals surface area contributed by atoms with Crippen molar-refractivity contribution < 1.29 is 23.1 Å². The van der Waals surface area contributed by atoms with Crippen LogP contribution in [0.2, 0.25) is 5.02 Å². The highest BCUT2D eigenvalue weighted by molar-refractivity contribution is 6.33. The number of aromatic nitrogens is 2. The quantitative estimate of drug-likeness (QED) is 0.577. The number of fused-ring (bicyclic) bond motifs is 1. The van der Waals surface area contributed by atoms with E-state index in [1.54, 1.807) is 47.4 Å². The predicted molar refractivity (Wildman–Crippen MR) is 116 cm³/mol. The summed E-state index contributed by atoms with van der Waals surface area (Å²) in [5, 5.41) is 13.9. The summed E-state index contributed by atoms with van der Waals surface area (Å²) in [6.07, 6.45) is 0.0214. The average Bonchev–Trinajstić information content (AvgIpc) is 3.50. The monoisotopic (exact) mass is 475 g/mol. The molecule has 0 saturated heterocycles. The molecule has 2 atom stereocenters. The van der Waals surface area contributed by atoms with Gasteiger partial charge in [0.05, 0.1) is 28.4 Å². The molecule has 1 aromatic heterocycles. The lowest BCUT2D eigenvalue weighted by molar-refractivity contribution is -0.138. The number of aliphatic hydroxyl groups excluding tert-OH is 1. The molecule has 2 aromatic carbocycles. The molecule has 0 unspecified atom stereocenters. The van der Waals surface area contributed by atoms with Gasteiger partial charge in [0.15, 0.2) is 0 Å². The lowest BCUT2D eigenvalue weighted by atomic mass is 9.94. The molecule has 1 fully saturated rings. The molecular formula is C24H21ClF3N3O2. The first kappa shape index (κ1) is 22.0. The minimum absolute atomic E-state index is 0.0172. The summed E-state index contributed by atoms with van der Waals surface area (Å²) < 4.78 is 43.8. The summed E-state index contributed by atoms with van der Waals surface area (Å²) in [4.78, 5) is 14.6. The Morgan fingerprint density at radius 1 is 1.18 bits per heavy atom. The maximum Gasteiger partial charge on any atom is 0.418 e. The van der Waals surface area contributed by atoms with Crippen LogP contribution in [0.3, 0.4) is 0 Å². The maximum atomic E-state index is 14.1. The van der Waals surface area contributed by atoms with Gasteiger partial charge in [-0.15, -0.1) is 0 Å². The van der Waals surface area contributed by atoms with E-state index in [9.17, 15) is 23.1 Å². The van der Waals surface area contributed by atoms with E-state index in [1.807, 2.05) is 0 Å². The molecule has 5 rings (SSSR count). The van der Waals surface area contributed by atoms with Crippen LogP contribution in [0, 0.1) is 0 Å². The predicted octanol–water partition coefficient (Wildman–Crippen LogP) is 5.00. The molecule has 2 heterocycles. The molecule has 0 spiro atoms. The normalized spacial score (nSPS) is 20.5. The van der Waals surface area contributed by atoms with Gasteiger partial charge < -0.3 is 10.0 Å². The first-order chi connectivity index (χ1) is 15.7. The lowest BCUT2D eigenvalue weighted by Gasteiger charge is -2.26. The summed E-state index contributed by atoms with van der Waals surface area (Å²) in [5.41, 5.74) is 0.871. The fourth-order valence-electron chi connectivity index (χ4n) is 4.89. The summed E-state index contributed by atoms with van der Waals surface area (Å²) in [5.74, 6) is -0.373. The molecule has 33 heavy (non-hydrogen) atoms. The molecule has 1 N–H and O–H groups in total. The molecule has 1 amide bonds. The molecule has 172 valence electrons. The van der Waals surface area contributed by atoms with Crippen LogP contribution in [-0.2, 0) is 19.1 Å². The van der Waals surface area contributed by atoms with Gasteiger partial charge in [-0.3, -0.25) is 4.79 Å². The number of amides is 1. The van der Waals surface area contributed by atoms with Gasteiger partial charge in [-0.2, -0.15) is 18.3 Å². The van der Waals surface area contributed by atoms with Crippen LogP contribution >= 0.6 is 11.6 Å². The molecule has 0 radical (unpaired) electrons. The molecule has 5 nitrogen and oxygen atoms in total. The largest absolute Gasteiger partial charge is 0.418 e. The van der Waals surface area contributed by atoms with Gasteiger partial charge in [-0.05, 0) is 61.1 Å². The zero-order chi connectivity index (χ0) is 23.3. The number of rotatable bonds is 4. The number of aliphatic hydroxyl groups is 1. The number of hydrogen-bond donors (Lipinski definition) is 1. The molecule has 3 aromatic rings. The standard InChI is InChI=1S/C24H21ClF3N3O2/c25-22-18-13-30(19-3-1-4-20(19)32)23(33)17(18)12-15(21(22)24(26,27)28)11-14-5-7-16(8-6-14)31-10-2-9-29-31/h2,5-10,12,19-20,32H,1,3-4,11,13H2/t19-,20-/m0/s1. The van der Waals surface area contributed by atoms with Gasteiger partial charge in [-0.25, -0.2) is 4.68 Å². The number of hydrogen-bond acceptors (Lipinski definition) is 3. The van der Waals surface area contributed by atoms with E-state index in [2.05, 4.69) is 5.10 Å². The molecule has 1 aliphatic carbocycles. The second kappa shape index (κ2) is 8.18. The van der Waals surface area contributed by atoms with Crippen molar-refractivity contribution in [2.75, 3.05) is 0 Å². The average molecular weight is 476 g/mol. The number of nitrogens with zero attached hydrogens (tertiary/aromatic N) is 3. The van der Waals surface area contributed by atoms with Crippen molar-refractivity contribution in [3.63, 3.8) is 0 Å². The molecule has 0 bridgehead atoms. The van der Waals surface area contributed by atoms with Crippen molar-refractivity contribution in [3.05, 3.63) is 81.6 Å². The highest BCUT2D eigenvalue weighted by Gasteiger charge is 2.44. The Hall–Kier alpha value is -2.84. The molecule has 1 aliphatic heterocycles. The Morgan fingerprint density at radius 3 is 2.55 bits per heavy atom. The van der Waals surface area contributed by atoms with Gasteiger partial charge in [0, 0.05) is 30.1 Å². The number of alkyl halides is 3. The third-order valence-electron chi connectivity index (χ3n) is 6.50. The van der Waals surface area contributed by atoms with Crippen LogP contribution < -0.4 is 0 Å². The van der Waals surface area contributed by atoms with Crippen molar-refractivity contribution in [1.29, 1.82) is 0 Å². The minimum Gasteiger partial charge on any atom is -0.391 e. The van der Waals surface area contributed by atoms with E-state index in [1.165, 1.54) is 11.0 Å². The lowest BCUT2D eigenvalue weighted by Crippen LogP contribution is -2.40. The summed E-state index contributed by atoms with van der Waals surface area (Å²) in [7, 11) is 0. The zero-order valence-corrected chi connectivity index (χ0v) is 18.3. The van der Waals surface area contributed by atoms with Crippen LogP contribution in [0.4, 0.5) is 13.2 Å². The van der Waals surface area contributed by atoms with E-state index in [4.69, 9.17) is 11.6 Å². The van der Waals surface area contributed by atoms with E-state index >= 15 is 0 Å². The topological polar surface area (TPSA) is 58.4 Å². The molecular weight excluding hydrogens is 455 g/mol. The highest BCUT2D eigenvalue weighted by atomic mass is 35.5. The number of halogens is 4. The maximum absolute atomic E-state index is 14.1. The van der Waals surface area contributed by atoms with Gasteiger partial charge >= 0.3 is 6.18 Å². The first-order valence-corrected chi connectivity index (χ1v) is 11.1. The Kier molecular flexibility index (Phi) is 5.45. The molecule has 9 heteroatoms. The third kappa shape index (κ3) is 3.91. The van der Waals surface area contributed by atoms with Gasteiger partial charge in [0.2, 0.25) is 0 Å². The third-order valence-corrected chi connectivity index (χ3v) is 6.91. The summed E-state index contributed by atoms with van der Waals surface area (Å²) in [6, 6.07) is 9.74. The Balaban J connectivity index is 1.51. The molecule has 1 saturated carbocycles. The van der Waals surface area contributed by atoms with Crippen molar-refractivity contribution in [2.45, 2.75) is 50.6 Å². The Labute approximate surface area is 193 Å². The SMILES string of the molecule is O=C1c2cc(Cc3ccc(-n4cccn4)cc3)c(C(F)(F)F)c(Cl)c2CN1[C@H]1CCC[C@@H]1O. The minimum atomic E-state index is -4.67. The smallest absolute Gasteiger partial charge is 0.391 e. The summed E-state index contributed by atoms with van der Waals surface area (Å²) in [6.45, 7) is -0.0172. The second-order valence-electron chi connectivity index (χ2n) is 8.54. The second-order valence-corrected chi connectivity index (χ2v) is 8.92. The van der Waals surface area contributed by atoms with Crippen LogP contribution in [0.15, 0.2) is 48.8 Å². The highest BCUT2D eigenvalue weighted by Crippen LogP contribution is 2.44. The van der Waals surface area contributed by atoms with Gasteiger partial charge in [-0.1, -0.05) is 23.7 Å². The number of benzene rings is 2. The Morgan fingerprint density at radius 2 is 1.94 bits per heavy atom. The van der Waals surface area contributed by atoms with E-state index in [-0.39, 0.29) is 35.6 Å². The van der Waals surface area contributed by atoms with Gasteiger partial charge in [0.1, 0.15) is 0 Å². The first-order valence-electron chi connectivity index (χ1n) is 10.7. The van der Waals surface area contributed by atoms with Crippen molar-refractivity contribution >= 4 is 17.5 Å². The summed E-state index contributed by atoms with van der Waals surface area (Å²) >= 11 is 6.30. The number of carbonyl (C=O) groups excluding carboxylic acids is 1. The van der Waals surface area contributed by atoms with Crippen LogP contribution in [0.1, 0.15) is 51.9 Å². The van der Waals surface area contributed by atoms with E-state index < -0.39 is 28.9 Å². The fraction of sp³-hybridized carbons (Fsp3) is 0.333. The van der Waals surface area contributed by atoms with Crippen molar-refractivity contribution in [1.82, 2.24) is 14.7 Å². The zero-order valence-electron chi connectivity index (χ0n) is 17.5. The van der Waals surface area contributed by atoms with E-state index in [0.717, 1.165) is 12.1 Å². The van der Waals surface area contributed by atoms with Crippen LogP contribution in [-0.4, -0.2) is 37.8 Å². The van der Waals surface area contributed by atoms with Crippen molar-refractivity contribution in [2.24, 2.45) is 0 Å². The van der Waals surface area contributed by atoms with Crippen molar-refractivity contribution in [3.8, 4) is 5.69 Å². The molecule has 2 aliphatic rings. The fourth-order valence-corrected chi connectivity index (χ4v) is 5.28.